The van der Waals surface area contributed by atoms with Crippen molar-refractivity contribution in [2.45, 2.75) is 44.2 Å². The van der Waals surface area contributed by atoms with Crippen LogP contribution in [0.25, 0.3) is 0 Å². The number of ether oxygens (including phenoxy) is 3. The van der Waals surface area contributed by atoms with E-state index in [0.29, 0.717) is 0 Å². The molecule has 2 aliphatic heterocycles. The van der Waals surface area contributed by atoms with Crippen LogP contribution in [0.5, 0.6) is 0 Å². The Morgan fingerprint density at radius 2 is 2.22 bits per heavy atom. The zero-order chi connectivity index (χ0) is 16.8. The number of aromatic nitrogens is 2. The van der Waals surface area contributed by atoms with E-state index in [1.165, 1.54) is 10.9 Å². The van der Waals surface area contributed by atoms with Crippen LogP contribution in [-0.4, -0.2) is 57.9 Å². The molecule has 4 atom stereocenters. The molecule has 126 valence electrons. The molecule has 2 amide bonds. The second kappa shape index (κ2) is 5.57. The number of rotatable bonds is 4. The fourth-order valence-corrected chi connectivity index (χ4v) is 2.88. The number of fused-ring (bicyclic) bond motifs is 1. The van der Waals surface area contributed by atoms with Crippen LogP contribution < -0.4 is 11.1 Å². The summed E-state index contributed by atoms with van der Waals surface area (Å²) < 4.78 is 18.6. The minimum absolute atomic E-state index is 0.0278. The first-order valence-corrected chi connectivity index (χ1v) is 7.07. The highest BCUT2D eigenvalue weighted by Crippen LogP contribution is 2.43. The zero-order valence-corrected chi connectivity index (χ0v) is 12.6. The summed E-state index contributed by atoms with van der Waals surface area (Å²) >= 11 is 0. The lowest BCUT2D eigenvalue weighted by atomic mass is 10.1. The first-order chi connectivity index (χ1) is 10.9. The molecule has 3 heterocycles. The van der Waals surface area contributed by atoms with Gasteiger partial charge in [0.15, 0.2) is 12.0 Å². The van der Waals surface area contributed by atoms with Gasteiger partial charge in [0.2, 0.25) is 6.41 Å². The summed E-state index contributed by atoms with van der Waals surface area (Å²) in [5.41, 5.74) is 5.98. The fraction of sp³-hybridized carbons (Fsp3) is 0.615. The van der Waals surface area contributed by atoms with Gasteiger partial charge in [-0.3, -0.25) is 14.9 Å². The van der Waals surface area contributed by atoms with Crippen molar-refractivity contribution in [1.29, 1.82) is 0 Å². The van der Waals surface area contributed by atoms with Crippen LogP contribution in [0.4, 0.5) is 5.82 Å². The lowest BCUT2D eigenvalue weighted by molar-refractivity contribution is -0.201. The first-order valence-electron chi connectivity index (χ1n) is 7.07. The van der Waals surface area contributed by atoms with E-state index in [4.69, 9.17) is 19.9 Å². The average Bonchev–Trinajstić information content (AvgIpc) is 3.10. The Morgan fingerprint density at radius 1 is 1.52 bits per heavy atom. The smallest absolute Gasteiger partial charge is 0.263 e. The molecule has 10 nitrogen and oxygen atoms in total. The van der Waals surface area contributed by atoms with Crippen molar-refractivity contribution in [3.63, 3.8) is 0 Å². The van der Waals surface area contributed by atoms with Crippen LogP contribution in [0.2, 0.25) is 0 Å². The summed E-state index contributed by atoms with van der Waals surface area (Å²) in [5.74, 6) is -1.47. The number of nitrogen functional groups attached to an aromatic ring is 1. The highest BCUT2D eigenvalue weighted by molar-refractivity contribution is 6.02. The van der Waals surface area contributed by atoms with Gasteiger partial charge in [-0.05, 0) is 13.8 Å². The molecule has 0 unspecified atom stereocenters. The number of anilines is 1. The molecule has 3 rings (SSSR count). The number of aliphatic hydroxyl groups excluding tert-OH is 1. The second-order valence-corrected chi connectivity index (χ2v) is 5.79. The van der Waals surface area contributed by atoms with Crippen molar-refractivity contribution >= 4 is 18.1 Å². The number of aliphatic hydroxyl groups is 1. The summed E-state index contributed by atoms with van der Waals surface area (Å²) in [4.78, 5) is 22.1. The van der Waals surface area contributed by atoms with Gasteiger partial charge in [0.25, 0.3) is 5.91 Å². The number of nitrogens with one attached hydrogen (secondary N) is 1. The molecule has 1 aromatic rings. The molecular formula is C13H18N4O6. The van der Waals surface area contributed by atoms with Crippen LogP contribution in [0, 0.1) is 0 Å². The van der Waals surface area contributed by atoms with E-state index in [-0.39, 0.29) is 24.4 Å². The number of nitrogens with two attached hydrogens (primary N) is 1. The van der Waals surface area contributed by atoms with E-state index < -0.39 is 36.2 Å². The maximum Gasteiger partial charge on any atom is 0.263 e. The SMILES string of the molecule is CC1(C)O[C@@H]2[C@H](O1)[C@@H](CO)O[C@H]2n1ncc(C(=O)NC=O)c1N. The van der Waals surface area contributed by atoms with E-state index in [0.717, 1.165) is 0 Å². The second-order valence-electron chi connectivity index (χ2n) is 5.79. The Kier molecular flexibility index (Phi) is 3.84. The monoisotopic (exact) mass is 326 g/mol. The summed E-state index contributed by atoms with van der Waals surface area (Å²) in [7, 11) is 0. The van der Waals surface area contributed by atoms with Crippen LogP contribution in [0.15, 0.2) is 6.20 Å². The molecule has 0 aromatic carbocycles. The molecular weight excluding hydrogens is 308 g/mol. The van der Waals surface area contributed by atoms with Crippen molar-refractivity contribution in [2.75, 3.05) is 12.3 Å². The Bertz CT molecular complexity index is 630. The van der Waals surface area contributed by atoms with Crippen LogP contribution in [0.1, 0.15) is 30.4 Å². The molecule has 0 bridgehead atoms. The van der Waals surface area contributed by atoms with E-state index in [2.05, 4.69) is 5.10 Å². The topological polar surface area (TPSA) is 138 Å². The van der Waals surface area contributed by atoms with E-state index >= 15 is 0 Å². The quantitative estimate of drug-likeness (QED) is 0.584. The first kappa shape index (κ1) is 15.9. The molecule has 1 aromatic heterocycles. The highest BCUT2D eigenvalue weighted by atomic mass is 16.8. The molecule has 2 aliphatic rings. The van der Waals surface area contributed by atoms with Gasteiger partial charge >= 0.3 is 0 Å². The van der Waals surface area contributed by atoms with Gasteiger partial charge in [0.1, 0.15) is 29.7 Å². The van der Waals surface area contributed by atoms with E-state index in [9.17, 15) is 14.7 Å². The molecule has 0 aliphatic carbocycles. The van der Waals surface area contributed by atoms with Crippen molar-refractivity contribution in [1.82, 2.24) is 15.1 Å². The number of amides is 2. The normalized spacial score (nSPS) is 31.8. The maximum absolute atomic E-state index is 11.7. The summed E-state index contributed by atoms with van der Waals surface area (Å²) in [6.07, 6.45) is -0.860. The van der Waals surface area contributed by atoms with Gasteiger partial charge in [-0.1, -0.05) is 0 Å². The summed E-state index contributed by atoms with van der Waals surface area (Å²) in [6.45, 7) is 3.26. The van der Waals surface area contributed by atoms with Gasteiger partial charge in [0.05, 0.1) is 12.8 Å². The zero-order valence-electron chi connectivity index (χ0n) is 12.6. The Balaban J connectivity index is 1.90. The minimum Gasteiger partial charge on any atom is -0.394 e. The van der Waals surface area contributed by atoms with Gasteiger partial charge in [-0.15, -0.1) is 0 Å². The number of hydrogen-bond acceptors (Lipinski definition) is 8. The Hall–Kier alpha value is -2.01. The number of carbonyl (C=O) groups excluding carboxylic acids is 2. The number of hydrogen-bond donors (Lipinski definition) is 3. The predicted molar refractivity (Wildman–Crippen MR) is 75.0 cm³/mol. The van der Waals surface area contributed by atoms with Crippen LogP contribution in [-0.2, 0) is 19.0 Å². The van der Waals surface area contributed by atoms with Gasteiger partial charge in [-0.2, -0.15) is 5.10 Å². The average molecular weight is 326 g/mol. The highest BCUT2D eigenvalue weighted by Gasteiger charge is 2.56. The molecule has 10 heteroatoms. The summed E-state index contributed by atoms with van der Waals surface area (Å²) in [5, 5.41) is 15.5. The van der Waals surface area contributed by atoms with Crippen molar-refractivity contribution < 1.29 is 28.9 Å². The largest absolute Gasteiger partial charge is 0.394 e. The predicted octanol–water partition coefficient (Wildman–Crippen LogP) is -1.24. The molecule has 2 saturated heterocycles. The molecule has 2 fully saturated rings. The third-order valence-electron chi connectivity index (χ3n) is 3.81. The van der Waals surface area contributed by atoms with Crippen molar-refractivity contribution in [2.24, 2.45) is 0 Å². The lowest BCUT2D eigenvalue weighted by Gasteiger charge is -2.24. The Labute approximate surface area is 131 Å². The summed E-state index contributed by atoms with van der Waals surface area (Å²) in [6, 6.07) is 0. The van der Waals surface area contributed by atoms with Crippen LogP contribution >= 0.6 is 0 Å². The fourth-order valence-electron chi connectivity index (χ4n) is 2.88. The maximum atomic E-state index is 11.7. The van der Waals surface area contributed by atoms with Gasteiger partial charge in [-0.25, -0.2) is 4.68 Å². The number of imide groups is 1. The standard InChI is InChI=1S/C13H18N4O6/c1-13(2)22-8-7(4-18)21-12(9(8)23-13)17-10(14)6(3-16-17)11(20)15-5-19/h3,5,7-9,12,18H,4,14H2,1-2H3,(H,15,19,20)/t7-,8-,9-,12-/m1/s1. The molecule has 0 saturated carbocycles. The number of nitrogens with zero attached hydrogens (tertiary/aromatic N) is 2. The number of carbonyl (C=O) groups is 2. The van der Waals surface area contributed by atoms with E-state index in [1.54, 1.807) is 13.8 Å². The van der Waals surface area contributed by atoms with Crippen molar-refractivity contribution in [3.05, 3.63) is 11.8 Å². The third kappa shape index (κ3) is 2.59. The lowest BCUT2D eigenvalue weighted by Crippen LogP contribution is -2.31. The van der Waals surface area contributed by atoms with Crippen molar-refractivity contribution in [3.8, 4) is 0 Å². The third-order valence-corrected chi connectivity index (χ3v) is 3.81. The molecule has 23 heavy (non-hydrogen) atoms. The molecule has 0 spiro atoms. The van der Waals surface area contributed by atoms with Gasteiger partial charge in [0, 0.05) is 0 Å². The molecule has 4 N–H and O–H groups in total. The Morgan fingerprint density at radius 3 is 2.87 bits per heavy atom. The van der Waals surface area contributed by atoms with Crippen LogP contribution in [0.3, 0.4) is 0 Å². The van der Waals surface area contributed by atoms with Gasteiger partial charge < -0.3 is 25.1 Å². The van der Waals surface area contributed by atoms with E-state index in [1.807, 2.05) is 5.32 Å². The molecule has 0 radical (unpaired) electrons. The minimum atomic E-state index is -0.829.